The molecule has 0 radical (unpaired) electrons. The highest BCUT2D eigenvalue weighted by atomic mass is 35.5. The average molecular weight is 366 g/mol. The van der Waals surface area contributed by atoms with Gasteiger partial charge >= 0.3 is 0 Å². The van der Waals surface area contributed by atoms with Crippen LogP contribution < -0.4 is 5.43 Å². The van der Waals surface area contributed by atoms with E-state index < -0.39 is 0 Å². The molecule has 3 rings (SSSR count). The quantitative estimate of drug-likeness (QED) is 0.647. The number of nitrogens with zero attached hydrogens (tertiary/aromatic N) is 2. The molecule has 5 nitrogen and oxygen atoms in total. The fourth-order valence-corrected chi connectivity index (χ4v) is 3.00. The minimum atomic E-state index is -0.127. The second-order valence-electron chi connectivity index (χ2n) is 5.58. The number of rotatable bonds is 5. The van der Waals surface area contributed by atoms with Crippen molar-refractivity contribution in [2.75, 3.05) is 19.6 Å². The van der Waals surface area contributed by atoms with Crippen LogP contribution in [0.15, 0.2) is 39.9 Å². The molecule has 2 aromatic rings. The Morgan fingerprint density at radius 1 is 1.25 bits per heavy atom. The summed E-state index contributed by atoms with van der Waals surface area (Å²) in [4.78, 5) is 13.9. The first kappa shape index (κ1) is 17.0. The number of hydrogen-bond acceptors (Lipinski definition) is 4. The number of furan rings is 1. The van der Waals surface area contributed by atoms with Gasteiger partial charge in [-0.15, -0.1) is 0 Å². The lowest BCUT2D eigenvalue weighted by Gasteiger charge is -2.11. The van der Waals surface area contributed by atoms with Gasteiger partial charge < -0.3 is 4.42 Å². The van der Waals surface area contributed by atoms with Gasteiger partial charge in [-0.3, -0.25) is 9.69 Å². The number of likely N-dealkylation sites (tertiary alicyclic amines) is 1. The van der Waals surface area contributed by atoms with Crippen LogP contribution in [0.25, 0.3) is 11.3 Å². The lowest BCUT2D eigenvalue weighted by molar-refractivity contribution is -0.121. The molecule has 0 unspecified atom stereocenters. The zero-order valence-electron chi connectivity index (χ0n) is 13.0. The van der Waals surface area contributed by atoms with E-state index in [1.807, 2.05) is 6.07 Å². The molecule has 1 amide bonds. The van der Waals surface area contributed by atoms with Crippen LogP contribution in [0.3, 0.4) is 0 Å². The topological polar surface area (TPSA) is 57.8 Å². The van der Waals surface area contributed by atoms with Gasteiger partial charge in [0, 0.05) is 5.56 Å². The molecule has 1 saturated heterocycles. The van der Waals surface area contributed by atoms with Crippen molar-refractivity contribution >= 4 is 35.3 Å². The molecule has 2 heterocycles. The third-order valence-corrected chi connectivity index (χ3v) is 4.61. The number of hydrazone groups is 1. The molecule has 24 heavy (non-hydrogen) atoms. The Hall–Kier alpha value is -1.82. The van der Waals surface area contributed by atoms with Gasteiger partial charge in [0.05, 0.1) is 22.8 Å². The Labute approximate surface area is 150 Å². The maximum absolute atomic E-state index is 11.8. The molecule has 126 valence electrons. The predicted molar refractivity (Wildman–Crippen MR) is 95.6 cm³/mol. The second kappa shape index (κ2) is 7.83. The van der Waals surface area contributed by atoms with E-state index in [0.29, 0.717) is 33.7 Å². The SMILES string of the molecule is O=C(CN1CCCC1)N/N=C\c1ccc(-c2cccc(Cl)c2Cl)o1. The summed E-state index contributed by atoms with van der Waals surface area (Å²) in [5.74, 6) is 0.979. The van der Waals surface area contributed by atoms with E-state index in [9.17, 15) is 4.79 Å². The summed E-state index contributed by atoms with van der Waals surface area (Å²) < 4.78 is 5.67. The van der Waals surface area contributed by atoms with Crippen LogP contribution >= 0.6 is 23.2 Å². The predicted octanol–water partition coefficient (Wildman–Crippen LogP) is 3.80. The minimum Gasteiger partial charge on any atom is -0.455 e. The van der Waals surface area contributed by atoms with Crippen molar-refractivity contribution in [1.82, 2.24) is 10.3 Å². The van der Waals surface area contributed by atoms with Crippen LogP contribution in [0, 0.1) is 0 Å². The van der Waals surface area contributed by atoms with Crippen LogP contribution in [0.1, 0.15) is 18.6 Å². The molecule has 1 N–H and O–H groups in total. The molecule has 1 aromatic carbocycles. The Morgan fingerprint density at radius 2 is 2.04 bits per heavy atom. The van der Waals surface area contributed by atoms with Gasteiger partial charge in [-0.05, 0) is 50.2 Å². The first-order valence-electron chi connectivity index (χ1n) is 7.72. The molecule has 7 heteroatoms. The van der Waals surface area contributed by atoms with Gasteiger partial charge in [-0.25, -0.2) is 5.43 Å². The highest BCUT2D eigenvalue weighted by Gasteiger charge is 2.14. The van der Waals surface area contributed by atoms with Gasteiger partial charge in [0.15, 0.2) is 0 Å². The third-order valence-electron chi connectivity index (χ3n) is 3.79. The smallest absolute Gasteiger partial charge is 0.254 e. The lowest BCUT2D eigenvalue weighted by Crippen LogP contribution is -2.33. The van der Waals surface area contributed by atoms with Crippen molar-refractivity contribution in [2.24, 2.45) is 5.10 Å². The highest BCUT2D eigenvalue weighted by molar-refractivity contribution is 6.43. The summed E-state index contributed by atoms with van der Waals surface area (Å²) in [5, 5.41) is 4.83. The average Bonchev–Trinajstić information content (AvgIpc) is 3.22. The maximum atomic E-state index is 11.8. The summed E-state index contributed by atoms with van der Waals surface area (Å²) in [6, 6.07) is 8.88. The zero-order valence-corrected chi connectivity index (χ0v) is 14.5. The molecule has 0 saturated carbocycles. The van der Waals surface area contributed by atoms with E-state index in [1.165, 1.54) is 6.21 Å². The second-order valence-corrected chi connectivity index (χ2v) is 6.36. The molecule has 1 aliphatic heterocycles. The first-order chi connectivity index (χ1) is 11.6. The fraction of sp³-hybridized carbons (Fsp3) is 0.294. The standard InChI is InChI=1S/C17H17Cl2N3O2/c18-14-5-3-4-13(17(14)19)15-7-6-12(24-15)10-20-21-16(23)11-22-8-1-2-9-22/h3-7,10H,1-2,8-9,11H2,(H,21,23)/b20-10-. The Bertz CT molecular complexity index is 752. The Kier molecular flexibility index (Phi) is 5.56. The van der Waals surface area contributed by atoms with Crippen LogP contribution in [-0.2, 0) is 4.79 Å². The maximum Gasteiger partial charge on any atom is 0.254 e. The van der Waals surface area contributed by atoms with Gasteiger partial charge in [0.1, 0.15) is 11.5 Å². The molecule has 1 fully saturated rings. The van der Waals surface area contributed by atoms with Crippen molar-refractivity contribution in [3.8, 4) is 11.3 Å². The molecule has 0 bridgehead atoms. The number of carbonyl (C=O) groups is 1. The van der Waals surface area contributed by atoms with E-state index in [0.717, 1.165) is 25.9 Å². The summed E-state index contributed by atoms with van der Waals surface area (Å²) >= 11 is 12.2. The van der Waals surface area contributed by atoms with Crippen molar-refractivity contribution in [2.45, 2.75) is 12.8 Å². The number of carbonyl (C=O) groups excluding carboxylic acids is 1. The number of halogens is 2. The van der Waals surface area contributed by atoms with E-state index in [-0.39, 0.29) is 5.91 Å². The van der Waals surface area contributed by atoms with E-state index in [2.05, 4.69) is 15.4 Å². The van der Waals surface area contributed by atoms with Crippen molar-refractivity contribution in [1.29, 1.82) is 0 Å². The van der Waals surface area contributed by atoms with E-state index in [1.54, 1.807) is 24.3 Å². The molecular weight excluding hydrogens is 349 g/mol. The highest BCUT2D eigenvalue weighted by Crippen LogP contribution is 2.34. The third kappa shape index (κ3) is 4.17. The van der Waals surface area contributed by atoms with Crippen molar-refractivity contribution in [3.63, 3.8) is 0 Å². The van der Waals surface area contributed by atoms with E-state index >= 15 is 0 Å². The van der Waals surface area contributed by atoms with Crippen LogP contribution in [0.5, 0.6) is 0 Å². The minimum absolute atomic E-state index is 0.127. The largest absolute Gasteiger partial charge is 0.455 e. The summed E-state index contributed by atoms with van der Waals surface area (Å²) in [6.45, 7) is 2.32. The van der Waals surface area contributed by atoms with Crippen molar-refractivity contribution < 1.29 is 9.21 Å². The lowest BCUT2D eigenvalue weighted by atomic mass is 10.2. The van der Waals surface area contributed by atoms with Crippen LogP contribution in [-0.4, -0.2) is 36.7 Å². The number of hydrogen-bond donors (Lipinski definition) is 1. The first-order valence-corrected chi connectivity index (χ1v) is 8.47. The molecule has 0 aliphatic carbocycles. The normalized spacial score (nSPS) is 15.2. The molecule has 0 atom stereocenters. The Morgan fingerprint density at radius 3 is 2.83 bits per heavy atom. The number of benzene rings is 1. The number of amides is 1. The number of nitrogens with one attached hydrogen (secondary N) is 1. The summed E-state index contributed by atoms with van der Waals surface area (Å²) in [7, 11) is 0. The molecular formula is C17H17Cl2N3O2. The monoisotopic (exact) mass is 365 g/mol. The van der Waals surface area contributed by atoms with Crippen LogP contribution in [0.2, 0.25) is 10.0 Å². The van der Waals surface area contributed by atoms with Gasteiger partial charge in [0.25, 0.3) is 5.91 Å². The van der Waals surface area contributed by atoms with Crippen molar-refractivity contribution in [3.05, 3.63) is 46.1 Å². The fourth-order valence-electron chi connectivity index (χ4n) is 2.61. The Balaban J connectivity index is 1.59. The summed E-state index contributed by atoms with van der Waals surface area (Å²) in [6.07, 6.45) is 3.76. The van der Waals surface area contributed by atoms with Gasteiger partial charge in [0.2, 0.25) is 0 Å². The zero-order chi connectivity index (χ0) is 16.9. The van der Waals surface area contributed by atoms with Crippen LogP contribution in [0.4, 0.5) is 0 Å². The van der Waals surface area contributed by atoms with E-state index in [4.69, 9.17) is 27.6 Å². The molecule has 1 aromatic heterocycles. The summed E-state index contributed by atoms with van der Waals surface area (Å²) in [5.41, 5.74) is 3.22. The molecule has 1 aliphatic rings. The van der Waals surface area contributed by atoms with Gasteiger partial charge in [-0.2, -0.15) is 5.10 Å². The molecule has 0 spiro atoms. The van der Waals surface area contributed by atoms with Gasteiger partial charge in [-0.1, -0.05) is 29.3 Å².